The quantitative estimate of drug-likeness (QED) is 0.855. The molecule has 1 aromatic heterocycles. The summed E-state index contributed by atoms with van der Waals surface area (Å²) in [5.74, 6) is -0.326. The topological polar surface area (TPSA) is 69.1 Å². The molecule has 1 heterocycles. The molecule has 16 heavy (non-hydrogen) atoms. The lowest BCUT2D eigenvalue weighted by atomic mass is 9.84. The molecular formula is C10H14Br2N2OS. The smallest absolute Gasteiger partial charge is 0.223 e. The molecule has 0 spiro atoms. The molecular weight excluding hydrogens is 356 g/mol. The van der Waals surface area contributed by atoms with E-state index in [4.69, 9.17) is 11.5 Å². The SMILES string of the molecule is CC(C)(CC(N)c1cc(Br)sc1Br)C(N)=O. The lowest BCUT2D eigenvalue weighted by Crippen LogP contribution is -2.34. The zero-order valence-electron chi connectivity index (χ0n) is 9.09. The summed E-state index contributed by atoms with van der Waals surface area (Å²) < 4.78 is 2.01. The van der Waals surface area contributed by atoms with Crippen LogP contribution in [0.3, 0.4) is 0 Å². The van der Waals surface area contributed by atoms with E-state index in [0.717, 1.165) is 13.1 Å². The number of rotatable bonds is 4. The second-order valence-corrected chi connectivity index (χ2v) is 8.09. The molecule has 0 aliphatic carbocycles. The Morgan fingerprint density at radius 3 is 2.50 bits per heavy atom. The van der Waals surface area contributed by atoms with Gasteiger partial charge in [-0.15, -0.1) is 11.3 Å². The van der Waals surface area contributed by atoms with Gasteiger partial charge in [0.05, 0.1) is 7.57 Å². The Bertz CT molecular complexity index is 404. The number of carbonyl (C=O) groups is 1. The first kappa shape index (κ1) is 14.2. The monoisotopic (exact) mass is 368 g/mol. The maximum absolute atomic E-state index is 11.2. The number of hydrogen-bond acceptors (Lipinski definition) is 3. The average molecular weight is 370 g/mol. The summed E-state index contributed by atoms with van der Waals surface area (Å²) in [4.78, 5) is 11.2. The minimum atomic E-state index is -0.590. The van der Waals surface area contributed by atoms with Crippen LogP contribution < -0.4 is 11.5 Å². The summed E-state index contributed by atoms with van der Waals surface area (Å²) in [5, 5.41) is 0. The predicted octanol–water partition coefficient (Wildman–Crippen LogP) is 3.17. The highest BCUT2D eigenvalue weighted by atomic mass is 79.9. The van der Waals surface area contributed by atoms with Gasteiger partial charge in [-0.05, 0) is 49.9 Å². The summed E-state index contributed by atoms with van der Waals surface area (Å²) in [6.45, 7) is 3.62. The molecule has 0 fully saturated rings. The van der Waals surface area contributed by atoms with Gasteiger partial charge in [0.25, 0.3) is 0 Å². The van der Waals surface area contributed by atoms with Crippen LogP contribution >= 0.6 is 43.2 Å². The van der Waals surface area contributed by atoms with Crippen LogP contribution in [0.15, 0.2) is 13.6 Å². The molecule has 1 amide bonds. The van der Waals surface area contributed by atoms with Crippen LogP contribution in [0, 0.1) is 5.41 Å². The number of amides is 1. The number of hydrogen-bond donors (Lipinski definition) is 2. The van der Waals surface area contributed by atoms with Crippen LogP contribution in [0.2, 0.25) is 0 Å². The van der Waals surface area contributed by atoms with Gasteiger partial charge in [-0.3, -0.25) is 4.79 Å². The first-order valence-corrected chi connectivity index (χ1v) is 7.14. The predicted molar refractivity (Wildman–Crippen MR) is 74.2 cm³/mol. The largest absolute Gasteiger partial charge is 0.369 e. The maximum atomic E-state index is 11.2. The van der Waals surface area contributed by atoms with E-state index >= 15 is 0 Å². The van der Waals surface area contributed by atoms with E-state index in [9.17, 15) is 4.79 Å². The molecule has 0 saturated heterocycles. The molecule has 0 bridgehead atoms. The van der Waals surface area contributed by atoms with E-state index in [1.165, 1.54) is 0 Å². The Labute approximate surface area is 116 Å². The van der Waals surface area contributed by atoms with Crippen molar-refractivity contribution in [3.05, 3.63) is 19.2 Å². The van der Waals surface area contributed by atoms with Gasteiger partial charge < -0.3 is 11.5 Å². The molecule has 6 heteroatoms. The van der Waals surface area contributed by atoms with E-state index in [-0.39, 0.29) is 11.9 Å². The maximum Gasteiger partial charge on any atom is 0.223 e. The van der Waals surface area contributed by atoms with Gasteiger partial charge in [-0.1, -0.05) is 13.8 Å². The highest BCUT2D eigenvalue weighted by molar-refractivity contribution is 9.12. The van der Waals surface area contributed by atoms with Gasteiger partial charge >= 0.3 is 0 Å². The first-order chi connectivity index (χ1) is 7.24. The number of halogens is 2. The van der Waals surface area contributed by atoms with Crippen molar-refractivity contribution in [3.8, 4) is 0 Å². The van der Waals surface area contributed by atoms with Crippen molar-refractivity contribution in [1.29, 1.82) is 0 Å². The minimum Gasteiger partial charge on any atom is -0.369 e. The van der Waals surface area contributed by atoms with Gasteiger partial charge in [-0.2, -0.15) is 0 Å². The summed E-state index contributed by atoms with van der Waals surface area (Å²) in [5.41, 5.74) is 11.8. The summed E-state index contributed by atoms with van der Waals surface area (Å²) in [7, 11) is 0. The lowest BCUT2D eigenvalue weighted by molar-refractivity contribution is -0.126. The molecule has 1 aromatic rings. The molecule has 0 aliphatic heterocycles. The molecule has 0 radical (unpaired) electrons. The zero-order chi connectivity index (χ0) is 12.5. The number of nitrogens with two attached hydrogens (primary N) is 2. The van der Waals surface area contributed by atoms with Crippen LogP contribution in [0.4, 0.5) is 0 Å². The molecule has 0 aliphatic rings. The summed E-state index contributed by atoms with van der Waals surface area (Å²) in [6.07, 6.45) is 0.532. The molecule has 1 rings (SSSR count). The molecule has 1 unspecified atom stereocenters. The van der Waals surface area contributed by atoms with Crippen molar-refractivity contribution in [3.63, 3.8) is 0 Å². The normalized spacial score (nSPS) is 13.8. The van der Waals surface area contributed by atoms with Gasteiger partial charge in [-0.25, -0.2) is 0 Å². The van der Waals surface area contributed by atoms with E-state index in [1.807, 2.05) is 19.9 Å². The Morgan fingerprint density at radius 1 is 1.56 bits per heavy atom. The third kappa shape index (κ3) is 3.29. The van der Waals surface area contributed by atoms with Crippen LogP contribution in [0.1, 0.15) is 31.9 Å². The standard InChI is InChI=1S/C10H14Br2N2OS/c1-10(2,9(14)15)4-6(13)5-3-7(11)16-8(5)12/h3,6H,4,13H2,1-2H3,(H2,14,15). The van der Waals surface area contributed by atoms with Crippen molar-refractivity contribution in [1.82, 2.24) is 0 Å². The average Bonchev–Trinajstić information content (AvgIpc) is 2.44. The fourth-order valence-electron chi connectivity index (χ4n) is 1.37. The molecule has 1 atom stereocenters. The van der Waals surface area contributed by atoms with Gasteiger partial charge in [0.1, 0.15) is 0 Å². The van der Waals surface area contributed by atoms with Crippen molar-refractivity contribution in [2.75, 3.05) is 0 Å². The molecule has 90 valence electrons. The Kier molecular flexibility index (Phi) is 4.57. The van der Waals surface area contributed by atoms with E-state index in [2.05, 4.69) is 31.9 Å². The summed E-state index contributed by atoms with van der Waals surface area (Å²) in [6, 6.07) is 1.77. The van der Waals surface area contributed by atoms with Crippen molar-refractivity contribution in [2.45, 2.75) is 26.3 Å². The van der Waals surface area contributed by atoms with Crippen molar-refractivity contribution < 1.29 is 4.79 Å². The Morgan fingerprint density at radius 2 is 2.12 bits per heavy atom. The molecule has 4 N–H and O–H groups in total. The number of thiophene rings is 1. The van der Waals surface area contributed by atoms with E-state index < -0.39 is 5.41 Å². The second kappa shape index (κ2) is 5.16. The Hall–Kier alpha value is 0.0900. The van der Waals surface area contributed by atoms with Crippen LogP contribution in [-0.2, 0) is 4.79 Å². The fourth-order valence-corrected chi connectivity index (χ4v) is 4.37. The molecule has 0 saturated carbocycles. The number of carbonyl (C=O) groups excluding carboxylic acids is 1. The van der Waals surface area contributed by atoms with Gasteiger partial charge in [0, 0.05) is 11.5 Å². The summed E-state index contributed by atoms with van der Waals surface area (Å²) >= 11 is 8.42. The van der Waals surface area contributed by atoms with Crippen LogP contribution in [0.5, 0.6) is 0 Å². The zero-order valence-corrected chi connectivity index (χ0v) is 13.1. The molecule has 3 nitrogen and oxygen atoms in total. The van der Waals surface area contributed by atoms with Gasteiger partial charge in [0.15, 0.2) is 0 Å². The third-order valence-corrected chi connectivity index (χ3v) is 4.87. The highest BCUT2D eigenvalue weighted by Crippen LogP contribution is 2.38. The van der Waals surface area contributed by atoms with Crippen molar-refractivity contribution in [2.24, 2.45) is 16.9 Å². The Balaban J connectivity index is 2.84. The van der Waals surface area contributed by atoms with Crippen LogP contribution in [0.25, 0.3) is 0 Å². The number of primary amides is 1. The molecule has 0 aromatic carbocycles. The third-order valence-electron chi connectivity index (χ3n) is 2.48. The van der Waals surface area contributed by atoms with Gasteiger partial charge in [0.2, 0.25) is 5.91 Å². The first-order valence-electron chi connectivity index (χ1n) is 4.74. The van der Waals surface area contributed by atoms with Crippen LogP contribution in [-0.4, -0.2) is 5.91 Å². The van der Waals surface area contributed by atoms with Crippen molar-refractivity contribution >= 4 is 49.1 Å². The van der Waals surface area contributed by atoms with E-state index in [0.29, 0.717) is 6.42 Å². The van der Waals surface area contributed by atoms with E-state index in [1.54, 1.807) is 11.3 Å². The lowest BCUT2D eigenvalue weighted by Gasteiger charge is -2.24. The minimum absolute atomic E-state index is 0.195. The highest BCUT2D eigenvalue weighted by Gasteiger charge is 2.29. The second-order valence-electron chi connectivity index (χ2n) is 4.34. The fraction of sp³-hybridized carbons (Fsp3) is 0.500.